The van der Waals surface area contributed by atoms with Crippen LogP contribution in [0.2, 0.25) is 0 Å². The van der Waals surface area contributed by atoms with E-state index >= 15 is 0 Å². The highest BCUT2D eigenvalue weighted by atomic mass is 16.5. The van der Waals surface area contributed by atoms with Gasteiger partial charge in [-0.25, -0.2) is 4.98 Å². The van der Waals surface area contributed by atoms with Crippen LogP contribution in [0.15, 0.2) is 35.1 Å². The molecule has 0 aliphatic rings. The van der Waals surface area contributed by atoms with Gasteiger partial charge >= 0.3 is 0 Å². The van der Waals surface area contributed by atoms with Gasteiger partial charge in [-0.3, -0.25) is 0 Å². The molecule has 0 aliphatic carbocycles. The van der Waals surface area contributed by atoms with Gasteiger partial charge in [0.1, 0.15) is 11.5 Å². The van der Waals surface area contributed by atoms with E-state index in [4.69, 9.17) is 4.52 Å². The lowest BCUT2D eigenvalue weighted by Gasteiger charge is -1.99. The molecule has 2 heterocycles. The number of phenolic OH excluding ortho intramolecular Hbond substituents is 2. The molecule has 3 aromatic rings. The van der Waals surface area contributed by atoms with E-state index < -0.39 is 0 Å². The molecule has 7 heteroatoms. The molecule has 0 saturated carbocycles. The fourth-order valence-corrected chi connectivity index (χ4v) is 1.71. The Morgan fingerprint density at radius 1 is 1.26 bits per heavy atom. The highest BCUT2D eigenvalue weighted by Gasteiger charge is 2.16. The summed E-state index contributed by atoms with van der Waals surface area (Å²) >= 11 is 0. The van der Waals surface area contributed by atoms with Crippen molar-refractivity contribution in [3.8, 4) is 34.6 Å². The van der Waals surface area contributed by atoms with Crippen molar-refractivity contribution in [1.29, 1.82) is 0 Å². The van der Waals surface area contributed by atoms with E-state index in [0.717, 1.165) is 0 Å². The van der Waals surface area contributed by atoms with Crippen molar-refractivity contribution in [2.24, 2.45) is 7.05 Å². The summed E-state index contributed by atoms with van der Waals surface area (Å²) in [5.74, 6) is 0.888. The van der Waals surface area contributed by atoms with Gasteiger partial charge in [0.25, 0.3) is 5.89 Å². The van der Waals surface area contributed by atoms with Crippen molar-refractivity contribution in [2.45, 2.75) is 0 Å². The van der Waals surface area contributed by atoms with Gasteiger partial charge in [0.15, 0.2) is 5.82 Å². The zero-order valence-corrected chi connectivity index (χ0v) is 9.98. The Balaban J connectivity index is 2.04. The Bertz CT molecular complexity index is 732. The molecule has 0 saturated heterocycles. The molecule has 0 fully saturated rings. The summed E-state index contributed by atoms with van der Waals surface area (Å²) in [5.41, 5.74) is 0.353. The van der Waals surface area contributed by atoms with E-state index in [9.17, 15) is 10.2 Å². The Morgan fingerprint density at radius 2 is 2.11 bits per heavy atom. The number of hydrogen-bond acceptors (Lipinski definition) is 6. The lowest BCUT2D eigenvalue weighted by Crippen LogP contribution is -1.92. The third-order valence-corrected chi connectivity index (χ3v) is 2.66. The first kappa shape index (κ1) is 11.3. The summed E-state index contributed by atoms with van der Waals surface area (Å²) in [6.07, 6.45) is 3.40. The number of aromatic nitrogens is 4. The van der Waals surface area contributed by atoms with Crippen molar-refractivity contribution in [3.63, 3.8) is 0 Å². The average Bonchev–Trinajstić information content (AvgIpc) is 2.97. The Hall–Kier alpha value is -2.83. The van der Waals surface area contributed by atoms with Crippen LogP contribution in [0.3, 0.4) is 0 Å². The maximum atomic E-state index is 9.73. The van der Waals surface area contributed by atoms with Crippen molar-refractivity contribution in [1.82, 2.24) is 19.7 Å². The largest absolute Gasteiger partial charge is 0.508 e. The van der Waals surface area contributed by atoms with Crippen LogP contribution in [0.25, 0.3) is 23.1 Å². The molecule has 3 rings (SSSR count). The van der Waals surface area contributed by atoms with E-state index in [1.807, 2.05) is 7.05 Å². The molecule has 0 radical (unpaired) electrons. The third kappa shape index (κ3) is 1.90. The molecule has 1 aromatic carbocycles. The zero-order valence-electron chi connectivity index (χ0n) is 9.98. The second-order valence-corrected chi connectivity index (χ2v) is 3.99. The van der Waals surface area contributed by atoms with E-state index in [1.165, 1.54) is 18.2 Å². The molecular formula is C12H10N4O3. The first-order chi connectivity index (χ1) is 9.15. The fourth-order valence-electron chi connectivity index (χ4n) is 1.71. The molecule has 96 valence electrons. The van der Waals surface area contributed by atoms with Crippen molar-refractivity contribution < 1.29 is 14.7 Å². The van der Waals surface area contributed by atoms with Gasteiger partial charge in [-0.2, -0.15) is 4.98 Å². The lowest BCUT2D eigenvalue weighted by molar-refractivity contribution is 0.423. The summed E-state index contributed by atoms with van der Waals surface area (Å²) in [5, 5.41) is 22.8. The molecule has 2 aromatic heterocycles. The number of aryl methyl sites for hydroxylation is 1. The summed E-state index contributed by atoms with van der Waals surface area (Å²) < 4.78 is 6.85. The van der Waals surface area contributed by atoms with Gasteiger partial charge in [0.2, 0.25) is 5.82 Å². The molecule has 0 unspecified atom stereocenters. The monoisotopic (exact) mass is 258 g/mol. The smallest absolute Gasteiger partial charge is 0.262 e. The van der Waals surface area contributed by atoms with E-state index in [1.54, 1.807) is 17.0 Å². The number of imidazole rings is 1. The maximum absolute atomic E-state index is 9.73. The van der Waals surface area contributed by atoms with E-state index in [-0.39, 0.29) is 17.4 Å². The second-order valence-electron chi connectivity index (χ2n) is 3.99. The van der Waals surface area contributed by atoms with Crippen LogP contribution < -0.4 is 0 Å². The molecule has 0 amide bonds. The molecular weight excluding hydrogens is 248 g/mol. The summed E-state index contributed by atoms with van der Waals surface area (Å²) in [6, 6.07) is 4.14. The van der Waals surface area contributed by atoms with Crippen LogP contribution in [0.4, 0.5) is 0 Å². The molecule has 2 N–H and O–H groups in total. The summed E-state index contributed by atoms with van der Waals surface area (Å²) in [4.78, 5) is 8.28. The predicted octanol–water partition coefficient (Wildman–Crippen LogP) is 1.55. The Kier molecular flexibility index (Phi) is 2.45. The number of phenols is 2. The minimum Gasteiger partial charge on any atom is -0.508 e. The highest BCUT2D eigenvalue weighted by molar-refractivity contribution is 5.64. The number of nitrogens with zero attached hydrogens (tertiary/aromatic N) is 4. The van der Waals surface area contributed by atoms with Crippen LogP contribution in [-0.4, -0.2) is 29.9 Å². The van der Waals surface area contributed by atoms with Gasteiger partial charge < -0.3 is 19.3 Å². The zero-order chi connectivity index (χ0) is 13.4. The van der Waals surface area contributed by atoms with Gasteiger partial charge in [0, 0.05) is 25.5 Å². The van der Waals surface area contributed by atoms with Crippen molar-refractivity contribution >= 4 is 0 Å². The fraction of sp³-hybridized carbons (Fsp3) is 0.0833. The SMILES string of the molecule is Cn1ccnc1-c1noc(-c2ccc(O)cc2O)n1. The second kappa shape index (κ2) is 4.13. The number of rotatable bonds is 2. The normalized spacial score (nSPS) is 10.8. The summed E-state index contributed by atoms with van der Waals surface area (Å²) in [6.45, 7) is 0. The van der Waals surface area contributed by atoms with Crippen LogP contribution in [-0.2, 0) is 7.05 Å². The minimum atomic E-state index is -0.130. The molecule has 19 heavy (non-hydrogen) atoms. The highest BCUT2D eigenvalue weighted by Crippen LogP contribution is 2.31. The van der Waals surface area contributed by atoms with Gasteiger partial charge in [-0.1, -0.05) is 5.16 Å². The van der Waals surface area contributed by atoms with Crippen molar-refractivity contribution in [2.75, 3.05) is 0 Å². The van der Waals surface area contributed by atoms with Crippen LogP contribution in [0, 0.1) is 0 Å². The third-order valence-electron chi connectivity index (χ3n) is 2.66. The number of aromatic hydroxyl groups is 2. The van der Waals surface area contributed by atoms with E-state index in [2.05, 4.69) is 15.1 Å². The van der Waals surface area contributed by atoms with Crippen molar-refractivity contribution in [3.05, 3.63) is 30.6 Å². The molecule has 0 spiro atoms. The Morgan fingerprint density at radius 3 is 2.79 bits per heavy atom. The minimum absolute atomic E-state index is 0.0370. The van der Waals surface area contributed by atoms with Crippen LogP contribution in [0.1, 0.15) is 0 Å². The van der Waals surface area contributed by atoms with Gasteiger partial charge in [-0.05, 0) is 12.1 Å². The van der Waals surface area contributed by atoms with Gasteiger partial charge in [0.05, 0.1) is 5.56 Å². The number of benzene rings is 1. The maximum Gasteiger partial charge on any atom is 0.262 e. The molecule has 0 aliphatic heterocycles. The summed E-state index contributed by atoms with van der Waals surface area (Å²) in [7, 11) is 1.82. The number of hydrogen-bond donors (Lipinski definition) is 2. The first-order valence-corrected chi connectivity index (χ1v) is 5.49. The Labute approximate surface area is 107 Å². The quantitative estimate of drug-likeness (QED) is 0.723. The van der Waals surface area contributed by atoms with Gasteiger partial charge in [-0.15, -0.1) is 0 Å². The lowest BCUT2D eigenvalue weighted by atomic mass is 10.2. The standard InChI is InChI=1S/C12H10N4O3/c1-16-5-4-13-11(16)10-14-12(19-15-10)8-3-2-7(17)6-9(8)18/h2-6,17-18H,1H3. The first-order valence-electron chi connectivity index (χ1n) is 5.49. The molecule has 0 bridgehead atoms. The molecule has 7 nitrogen and oxygen atoms in total. The van der Waals surface area contributed by atoms with E-state index in [0.29, 0.717) is 17.2 Å². The molecule has 0 atom stereocenters. The van der Waals surface area contributed by atoms with Crippen LogP contribution in [0.5, 0.6) is 11.5 Å². The topological polar surface area (TPSA) is 97.2 Å². The predicted molar refractivity (Wildman–Crippen MR) is 65.3 cm³/mol. The van der Waals surface area contributed by atoms with Crippen LogP contribution >= 0.6 is 0 Å². The average molecular weight is 258 g/mol.